The van der Waals surface area contributed by atoms with Crippen molar-refractivity contribution in [2.45, 2.75) is 26.7 Å². The number of rotatable bonds is 4. The van der Waals surface area contributed by atoms with E-state index < -0.39 is 0 Å². The Morgan fingerprint density at radius 1 is 0.833 bits per heavy atom. The Hall–Kier alpha value is -1.82. The van der Waals surface area contributed by atoms with Gasteiger partial charge in [-0.15, -0.1) is 0 Å². The number of allylic oxidation sites excluding steroid dienone is 2. The highest BCUT2D eigenvalue weighted by Crippen LogP contribution is 2.13. The van der Waals surface area contributed by atoms with Gasteiger partial charge in [-0.2, -0.15) is 0 Å². The molecule has 0 aliphatic carbocycles. The molecule has 0 saturated carbocycles. The zero-order valence-electron chi connectivity index (χ0n) is 11.2. The van der Waals surface area contributed by atoms with Crippen LogP contribution in [-0.2, 0) is 12.8 Å². The van der Waals surface area contributed by atoms with Gasteiger partial charge in [0.15, 0.2) is 0 Å². The summed E-state index contributed by atoms with van der Waals surface area (Å²) in [5.41, 5.74) is 5.56. The third-order valence-electron chi connectivity index (χ3n) is 3.25. The number of benzene rings is 2. The second kappa shape index (κ2) is 6.20. The van der Waals surface area contributed by atoms with Gasteiger partial charge >= 0.3 is 0 Å². The first-order valence-electron chi connectivity index (χ1n) is 6.51. The highest BCUT2D eigenvalue weighted by Gasteiger charge is 1.97. The third kappa shape index (κ3) is 3.59. The molecule has 0 aliphatic heterocycles. The van der Waals surface area contributed by atoms with Gasteiger partial charge in [0.05, 0.1) is 0 Å². The van der Waals surface area contributed by atoms with E-state index in [1.807, 2.05) is 0 Å². The lowest BCUT2D eigenvalue weighted by Gasteiger charge is -2.05. The molecule has 0 spiro atoms. The fourth-order valence-electron chi connectivity index (χ4n) is 2.03. The normalized spacial score (nSPS) is 11.6. The average Bonchev–Trinajstić information content (AvgIpc) is 2.42. The Kier molecular flexibility index (Phi) is 4.35. The third-order valence-corrected chi connectivity index (χ3v) is 3.25. The van der Waals surface area contributed by atoms with Crippen molar-refractivity contribution in [3.8, 4) is 0 Å². The molecule has 0 amide bonds. The second-order valence-electron chi connectivity index (χ2n) is 4.79. The van der Waals surface area contributed by atoms with Crippen LogP contribution in [0.2, 0.25) is 0 Å². The van der Waals surface area contributed by atoms with Crippen molar-refractivity contribution in [3.05, 3.63) is 82.9 Å². The van der Waals surface area contributed by atoms with Gasteiger partial charge in [0, 0.05) is 0 Å². The fraction of sp³-hybridized carbons (Fsp3) is 0.222. The lowest BCUT2D eigenvalue weighted by molar-refractivity contribution is 1.12. The zero-order valence-corrected chi connectivity index (χ0v) is 11.2. The standard InChI is InChI=1S/C18H20/c1-3-15(2)13-17-9-11-18(12-10-17)14-16-7-5-4-6-8-16/h3-12H,13-14H2,1-2H3/b15-3+. The molecule has 0 radical (unpaired) electrons. The maximum Gasteiger partial charge on any atom is -0.00258 e. The van der Waals surface area contributed by atoms with Gasteiger partial charge in [-0.3, -0.25) is 0 Å². The molecular weight excluding hydrogens is 216 g/mol. The van der Waals surface area contributed by atoms with Crippen LogP contribution in [0.15, 0.2) is 66.2 Å². The topological polar surface area (TPSA) is 0 Å². The first kappa shape index (κ1) is 12.6. The van der Waals surface area contributed by atoms with Crippen LogP contribution in [-0.4, -0.2) is 0 Å². The van der Waals surface area contributed by atoms with E-state index in [0.29, 0.717) is 0 Å². The first-order chi connectivity index (χ1) is 8.78. The molecule has 0 heterocycles. The van der Waals surface area contributed by atoms with Crippen LogP contribution in [0.3, 0.4) is 0 Å². The summed E-state index contributed by atoms with van der Waals surface area (Å²) in [4.78, 5) is 0. The summed E-state index contributed by atoms with van der Waals surface area (Å²) in [6, 6.07) is 19.6. The Labute approximate surface area is 110 Å². The average molecular weight is 236 g/mol. The van der Waals surface area contributed by atoms with Gasteiger partial charge in [0.1, 0.15) is 0 Å². The predicted molar refractivity (Wildman–Crippen MR) is 78.8 cm³/mol. The molecule has 18 heavy (non-hydrogen) atoms. The van der Waals surface area contributed by atoms with Crippen molar-refractivity contribution in [2.75, 3.05) is 0 Å². The summed E-state index contributed by atoms with van der Waals surface area (Å²) >= 11 is 0. The Balaban J connectivity index is 2.04. The summed E-state index contributed by atoms with van der Waals surface area (Å²) in [7, 11) is 0. The molecule has 0 saturated heterocycles. The summed E-state index contributed by atoms with van der Waals surface area (Å²) in [5.74, 6) is 0. The van der Waals surface area contributed by atoms with Crippen LogP contribution < -0.4 is 0 Å². The molecular formula is C18H20. The van der Waals surface area contributed by atoms with Gasteiger partial charge in [-0.05, 0) is 43.4 Å². The van der Waals surface area contributed by atoms with E-state index in [0.717, 1.165) is 12.8 Å². The van der Waals surface area contributed by atoms with E-state index in [-0.39, 0.29) is 0 Å². The van der Waals surface area contributed by atoms with E-state index in [2.05, 4.69) is 74.5 Å². The van der Waals surface area contributed by atoms with Crippen LogP contribution >= 0.6 is 0 Å². The summed E-state index contributed by atoms with van der Waals surface area (Å²) in [6.45, 7) is 4.27. The number of hydrogen-bond acceptors (Lipinski definition) is 0. The summed E-state index contributed by atoms with van der Waals surface area (Å²) in [5, 5.41) is 0. The summed E-state index contributed by atoms with van der Waals surface area (Å²) in [6.07, 6.45) is 4.25. The predicted octanol–water partition coefficient (Wildman–Crippen LogP) is 4.79. The smallest absolute Gasteiger partial charge is 0.00258 e. The van der Waals surface area contributed by atoms with E-state index >= 15 is 0 Å². The Morgan fingerprint density at radius 2 is 1.39 bits per heavy atom. The minimum absolute atomic E-state index is 1.02. The van der Waals surface area contributed by atoms with Gasteiger partial charge < -0.3 is 0 Å². The quantitative estimate of drug-likeness (QED) is 0.670. The molecule has 0 N–H and O–H groups in total. The molecule has 0 nitrogen and oxygen atoms in total. The van der Waals surface area contributed by atoms with Gasteiger partial charge in [-0.1, -0.05) is 66.2 Å². The van der Waals surface area contributed by atoms with Crippen molar-refractivity contribution in [2.24, 2.45) is 0 Å². The highest BCUT2D eigenvalue weighted by molar-refractivity contribution is 5.30. The molecule has 0 bridgehead atoms. The van der Waals surface area contributed by atoms with Crippen LogP contribution in [0.4, 0.5) is 0 Å². The van der Waals surface area contributed by atoms with Crippen LogP contribution in [0.25, 0.3) is 0 Å². The zero-order chi connectivity index (χ0) is 12.8. The van der Waals surface area contributed by atoms with E-state index in [1.165, 1.54) is 22.3 Å². The lowest BCUT2D eigenvalue weighted by Crippen LogP contribution is -1.90. The van der Waals surface area contributed by atoms with Crippen molar-refractivity contribution in [1.29, 1.82) is 0 Å². The summed E-state index contributed by atoms with van der Waals surface area (Å²) < 4.78 is 0. The largest absolute Gasteiger partial charge is 0.0884 e. The molecule has 2 aromatic rings. The fourth-order valence-corrected chi connectivity index (χ4v) is 2.03. The molecule has 2 rings (SSSR count). The molecule has 0 aromatic heterocycles. The van der Waals surface area contributed by atoms with Gasteiger partial charge in [0.25, 0.3) is 0 Å². The second-order valence-corrected chi connectivity index (χ2v) is 4.79. The molecule has 92 valence electrons. The van der Waals surface area contributed by atoms with Crippen LogP contribution in [0.1, 0.15) is 30.5 Å². The van der Waals surface area contributed by atoms with Crippen molar-refractivity contribution < 1.29 is 0 Å². The monoisotopic (exact) mass is 236 g/mol. The minimum atomic E-state index is 1.02. The minimum Gasteiger partial charge on any atom is -0.0884 e. The molecule has 0 unspecified atom stereocenters. The SMILES string of the molecule is C/C=C(\C)Cc1ccc(Cc2ccccc2)cc1. The number of hydrogen-bond donors (Lipinski definition) is 0. The maximum atomic E-state index is 2.24. The molecule has 0 aliphatic rings. The van der Waals surface area contributed by atoms with Crippen molar-refractivity contribution in [3.63, 3.8) is 0 Å². The van der Waals surface area contributed by atoms with E-state index in [9.17, 15) is 0 Å². The van der Waals surface area contributed by atoms with Gasteiger partial charge in [-0.25, -0.2) is 0 Å². The molecule has 0 atom stereocenters. The Bertz CT molecular complexity index is 503. The van der Waals surface area contributed by atoms with Crippen molar-refractivity contribution in [1.82, 2.24) is 0 Å². The van der Waals surface area contributed by atoms with E-state index in [4.69, 9.17) is 0 Å². The first-order valence-corrected chi connectivity index (χ1v) is 6.51. The van der Waals surface area contributed by atoms with Crippen LogP contribution in [0, 0.1) is 0 Å². The molecule has 2 aromatic carbocycles. The Morgan fingerprint density at radius 3 is 2.00 bits per heavy atom. The maximum absolute atomic E-state index is 2.24. The van der Waals surface area contributed by atoms with Gasteiger partial charge in [0.2, 0.25) is 0 Å². The van der Waals surface area contributed by atoms with Crippen molar-refractivity contribution >= 4 is 0 Å². The van der Waals surface area contributed by atoms with Crippen LogP contribution in [0.5, 0.6) is 0 Å². The molecule has 0 heteroatoms. The highest BCUT2D eigenvalue weighted by atomic mass is 14.0. The molecule has 0 fully saturated rings. The van der Waals surface area contributed by atoms with E-state index in [1.54, 1.807) is 0 Å². The lowest BCUT2D eigenvalue weighted by atomic mass is 10.0.